The number of hydrogen-bond donors (Lipinski definition) is 2. The molecule has 0 fully saturated rings. The maximum Gasteiger partial charge on any atom is 0.102 e. The molecule has 0 aromatic heterocycles. The molecule has 0 aliphatic carbocycles. The number of rotatable bonds is 20. The Morgan fingerprint density at radius 3 is 1.15 bits per heavy atom. The van der Waals surface area contributed by atoms with Crippen LogP contribution in [0.2, 0.25) is 0 Å². The molecule has 0 saturated carbocycles. The SMILES string of the molecule is CCCCCCCCCCCCCCCC[N+](CC)(CCO)CCO.[Br-]. The van der Waals surface area contributed by atoms with E-state index in [1.165, 1.54) is 89.9 Å². The first kappa shape index (κ1) is 28.6. The van der Waals surface area contributed by atoms with Crippen LogP contribution in [0.15, 0.2) is 0 Å². The zero-order chi connectivity index (χ0) is 18.6. The van der Waals surface area contributed by atoms with Crippen LogP contribution in [0.4, 0.5) is 0 Å². The van der Waals surface area contributed by atoms with E-state index < -0.39 is 0 Å². The van der Waals surface area contributed by atoms with Crippen LogP contribution in [0.1, 0.15) is 104 Å². The molecule has 26 heavy (non-hydrogen) atoms. The van der Waals surface area contributed by atoms with E-state index in [2.05, 4.69) is 13.8 Å². The van der Waals surface area contributed by atoms with Gasteiger partial charge in [0.1, 0.15) is 13.1 Å². The van der Waals surface area contributed by atoms with Crippen molar-refractivity contribution in [3.05, 3.63) is 0 Å². The molecule has 0 amide bonds. The van der Waals surface area contributed by atoms with E-state index >= 15 is 0 Å². The summed E-state index contributed by atoms with van der Waals surface area (Å²) in [7, 11) is 0. The number of aliphatic hydroxyl groups excluding tert-OH is 2. The average Bonchev–Trinajstić information content (AvgIpc) is 2.62. The predicted octanol–water partition coefficient (Wildman–Crippen LogP) is 2.29. The van der Waals surface area contributed by atoms with Crippen molar-refractivity contribution < 1.29 is 31.7 Å². The minimum Gasteiger partial charge on any atom is -1.00 e. The van der Waals surface area contributed by atoms with E-state index in [9.17, 15) is 10.2 Å². The summed E-state index contributed by atoms with van der Waals surface area (Å²) in [6, 6.07) is 0. The van der Waals surface area contributed by atoms with Gasteiger partial charge in [-0.3, -0.25) is 0 Å². The lowest BCUT2D eigenvalue weighted by Crippen LogP contribution is -3.00. The van der Waals surface area contributed by atoms with Gasteiger partial charge in [-0.05, 0) is 19.8 Å². The predicted molar refractivity (Wildman–Crippen MR) is 110 cm³/mol. The van der Waals surface area contributed by atoms with Gasteiger partial charge in [0.05, 0.1) is 26.3 Å². The quantitative estimate of drug-likeness (QED) is 0.226. The molecule has 0 aliphatic rings. The molecule has 3 nitrogen and oxygen atoms in total. The van der Waals surface area contributed by atoms with Gasteiger partial charge >= 0.3 is 0 Å². The molecule has 160 valence electrons. The Labute approximate surface area is 174 Å². The molecule has 0 heterocycles. The summed E-state index contributed by atoms with van der Waals surface area (Å²) in [6.07, 6.45) is 19.5. The summed E-state index contributed by atoms with van der Waals surface area (Å²) in [6.45, 7) is 8.61. The number of unbranched alkanes of at least 4 members (excludes halogenated alkanes) is 13. The molecule has 0 aromatic rings. The van der Waals surface area contributed by atoms with Gasteiger partial charge in [0.15, 0.2) is 0 Å². The van der Waals surface area contributed by atoms with Gasteiger partial charge in [-0.25, -0.2) is 0 Å². The van der Waals surface area contributed by atoms with Crippen molar-refractivity contribution in [1.29, 1.82) is 0 Å². The van der Waals surface area contributed by atoms with Gasteiger partial charge in [-0.2, -0.15) is 0 Å². The molecule has 0 saturated heterocycles. The lowest BCUT2D eigenvalue weighted by atomic mass is 10.0. The molecular formula is C22H48BrNO2. The van der Waals surface area contributed by atoms with Crippen LogP contribution in [0.5, 0.6) is 0 Å². The normalized spacial score (nSPS) is 11.5. The van der Waals surface area contributed by atoms with Crippen LogP contribution in [0, 0.1) is 0 Å². The summed E-state index contributed by atoms with van der Waals surface area (Å²) >= 11 is 0. The average molecular weight is 439 g/mol. The zero-order valence-electron chi connectivity index (χ0n) is 17.9. The van der Waals surface area contributed by atoms with Crippen LogP contribution < -0.4 is 17.0 Å². The van der Waals surface area contributed by atoms with Crippen LogP contribution >= 0.6 is 0 Å². The van der Waals surface area contributed by atoms with Gasteiger partial charge in [0.25, 0.3) is 0 Å². The minimum atomic E-state index is 0. The fraction of sp³-hybridized carbons (Fsp3) is 1.00. The van der Waals surface area contributed by atoms with E-state index in [-0.39, 0.29) is 30.2 Å². The molecule has 0 radical (unpaired) electrons. The summed E-state index contributed by atoms with van der Waals surface area (Å²) in [5.74, 6) is 0. The lowest BCUT2D eigenvalue weighted by Gasteiger charge is -2.37. The molecule has 0 atom stereocenters. The minimum absolute atomic E-state index is 0. The summed E-state index contributed by atoms with van der Waals surface area (Å²) in [5.41, 5.74) is 0. The number of nitrogens with zero attached hydrogens (tertiary/aromatic N) is 1. The largest absolute Gasteiger partial charge is 1.00 e. The number of aliphatic hydroxyl groups is 2. The second kappa shape index (κ2) is 21.7. The van der Waals surface area contributed by atoms with Crippen LogP contribution in [0.25, 0.3) is 0 Å². The highest BCUT2D eigenvalue weighted by atomic mass is 79.9. The fourth-order valence-corrected chi connectivity index (χ4v) is 3.88. The zero-order valence-corrected chi connectivity index (χ0v) is 19.4. The van der Waals surface area contributed by atoms with Gasteiger partial charge < -0.3 is 31.7 Å². The molecule has 0 aromatic carbocycles. The number of halogens is 1. The highest BCUT2D eigenvalue weighted by Crippen LogP contribution is 2.14. The fourth-order valence-electron chi connectivity index (χ4n) is 3.88. The highest BCUT2D eigenvalue weighted by Gasteiger charge is 2.23. The highest BCUT2D eigenvalue weighted by molar-refractivity contribution is 4.50. The Morgan fingerprint density at radius 2 is 0.846 bits per heavy atom. The molecule has 4 heteroatoms. The van der Waals surface area contributed by atoms with E-state index in [0.717, 1.165) is 30.7 Å². The smallest absolute Gasteiger partial charge is 0.102 e. The maximum absolute atomic E-state index is 9.28. The molecule has 2 N–H and O–H groups in total. The van der Waals surface area contributed by atoms with Crippen molar-refractivity contribution in [2.45, 2.75) is 104 Å². The topological polar surface area (TPSA) is 40.5 Å². The van der Waals surface area contributed by atoms with Gasteiger partial charge in [0, 0.05) is 0 Å². The summed E-state index contributed by atoms with van der Waals surface area (Å²) in [4.78, 5) is 0. The van der Waals surface area contributed by atoms with Crippen molar-refractivity contribution in [2.75, 3.05) is 39.4 Å². The third kappa shape index (κ3) is 16.5. The third-order valence-corrected chi connectivity index (χ3v) is 5.81. The molecule has 0 rings (SSSR count). The van der Waals surface area contributed by atoms with Crippen molar-refractivity contribution in [3.63, 3.8) is 0 Å². The van der Waals surface area contributed by atoms with E-state index in [1.54, 1.807) is 0 Å². The second-order valence-electron chi connectivity index (χ2n) is 7.87. The molecular weight excluding hydrogens is 390 g/mol. The molecule has 0 aliphatic heterocycles. The van der Waals surface area contributed by atoms with Gasteiger partial charge in [-0.1, -0.05) is 84.0 Å². The van der Waals surface area contributed by atoms with Crippen LogP contribution in [0.3, 0.4) is 0 Å². The lowest BCUT2D eigenvalue weighted by molar-refractivity contribution is -0.927. The summed E-state index contributed by atoms with van der Waals surface area (Å²) < 4.78 is 0.880. The number of hydrogen-bond acceptors (Lipinski definition) is 2. The van der Waals surface area contributed by atoms with E-state index in [0.29, 0.717) is 0 Å². The van der Waals surface area contributed by atoms with Crippen molar-refractivity contribution in [1.82, 2.24) is 0 Å². The Morgan fingerprint density at radius 1 is 0.500 bits per heavy atom. The van der Waals surface area contributed by atoms with Crippen molar-refractivity contribution in [3.8, 4) is 0 Å². The first-order chi connectivity index (χ1) is 12.2. The Balaban J connectivity index is 0. The Bertz CT molecular complexity index is 259. The van der Waals surface area contributed by atoms with Crippen LogP contribution in [-0.2, 0) is 0 Å². The molecule has 0 spiro atoms. The summed E-state index contributed by atoms with van der Waals surface area (Å²) in [5, 5.41) is 18.6. The first-order valence-electron chi connectivity index (χ1n) is 11.3. The number of likely N-dealkylation sites (N-methyl/N-ethyl adjacent to an activating group) is 1. The second-order valence-corrected chi connectivity index (χ2v) is 7.87. The standard InChI is InChI=1S/C22H48NO2.BrH/c1-3-5-6-7-8-9-10-11-12-13-14-15-16-17-18-23(4-2,19-21-24)20-22-25;/h24-25H,3-22H2,1-2H3;1H/q+1;/p-1. The third-order valence-electron chi connectivity index (χ3n) is 5.81. The van der Waals surface area contributed by atoms with Crippen molar-refractivity contribution in [2.24, 2.45) is 0 Å². The first-order valence-corrected chi connectivity index (χ1v) is 11.3. The van der Waals surface area contributed by atoms with E-state index in [1.807, 2.05) is 0 Å². The monoisotopic (exact) mass is 437 g/mol. The van der Waals surface area contributed by atoms with Gasteiger partial charge in [0.2, 0.25) is 0 Å². The number of quaternary nitrogens is 1. The Hall–Kier alpha value is 0.360. The van der Waals surface area contributed by atoms with Crippen LogP contribution in [-0.4, -0.2) is 54.1 Å². The van der Waals surface area contributed by atoms with Crippen molar-refractivity contribution >= 4 is 0 Å². The van der Waals surface area contributed by atoms with Gasteiger partial charge in [-0.15, -0.1) is 0 Å². The van der Waals surface area contributed by atoms with E-state index in [4.69, 9.17) is 0 Å². The Kier molecular flexibility index (Phi) is 23.8. The molecule has 0 bridgehead atoms. The molecule has 0 unspecified atom stereocenters. The maximum atomic E-state index is 9.28.